The van der Waals surface area contributed by atoms with Crippen LogP contribution in [0.4, 0.5) is 0 Å². The number of phenols is 2. The SMILES string of the molecule is C.N#C/C(=C\c1ccc(O)c(O)c1)C(=O)NCc1ccccc1. The number of nitriles is 1. The molecule has 0 fully saturated rings. The molecule has 2 aromatic carbocycles. The predicted octanol–water partition coefficient (Wildman–Crippen LogP) is 2.96. The highest BCUT2D eigenvalue weighted by atomic mass is 16.3. The summed E-state index contributed by atoms with van der Waals surface area (Å²) in [5.74, 6) is -1.07. The van der Waals surface area contributed by atoms with Gasteiger partial charge in [-0.3, -0.25) is 4.79 Å². The van der Waals surface area contributed by atoms with E-state index >= 15 is 0 Å². The highest BCUT2D eigenvalue weighted by Crippen LogP contribution is 2.25. The fourth-order valence-electron chi connectivity index (χ4n) is 1.82. The van der Waals surface area contributed by atoms with Gasteiger partial charge in [0.15, 0.2) is 11.5 Å². The van der Waals surface area contributed by atoms with Crippen LogP contribution in [-0.2, 0) is 11.3 Å². The number of nitrogens with zero attached hydrogens (tertiary/aromatic N) is 1. The smallest absolute Gasteiger partial charge is 0.262 e. The van der Waals surface area contributed by atoms with Crippen molar-refractivity contribution in [1.82, 2.24) is 5.32 Å². The average Bonchev–Trinajstić information content (AvgIpc) is 2.54. The van der Waals surface area contributed by atoms with E-state index in [-0.39, 0.29) is 24.5 Å². The Morgan fingerprint density at radius 1 is 1.13 bits per heavy atom. The van der Waals surface area contributed by atoms with Gasteiger partial charge in [0.25, 0.3) is 5.91 Å². The molecule has 23 heavy (non-hydrogen) atoms. The Hall–Kier alpha value is -3.26. The molecule has 0 unspecified atom stereocenters. The summed E-state index contributed by atoms with van der Waals surface area (Å²) in [6, 6.07) is 15.2. The first-order valence-electron chi connectivity index (χ1n) is 6.56. The molecule has 5 nitrogen and oxygen atoms in total. The molecule has 5 heteroatoms. The monoisotopic (exact) mass is 310 g/mol. The maximum absolute atomic E-state index is 12.0. The van der Waals surface area contributed by atoms with Crippen molar-refractivity contribution in [2.45, 2.75) is 14.0 Å². The summed E-state index contributed by atoms with van der Waals surface area (Å²) >= 11 is 0. The second-order valence-electron chi connectivity index (χ2n) is 4.59. The van der Waals surface area contributed by atoms with E-state index in [9.17, 15) is 15.0 Å². The van der Waals surface area contributed by atoms with Crippen LogP contribution in [0.5, 0.6) is 11.5 Å². The molecule has 0 aromatic heterocycles. The third kappa shape index (κ3) is 4.90. The molecule has 2 aromatic rings. The van der Waals surface area contributed by atoms with Gasteiger partial charge in [0.2, 0.25) is 0 Å². The van der Waals surface area contributed by atoms with E-state index in [0.717, 1.165) is 5.56 Å². The quantitative estimate of drug-likeness (QED) is 0.460. The molecule has 118 valence electrons. The second-order valence-corrected chi connectivity index (χ2v) is 4.59. The summed E-state index contributed by atoms with van der Waals surface area (Å²) in [5, 5.41) is 30.4. The zero-order valence-electron chi connectivity index (χ0n) is 11.7. The van der Waals surface area contributed by atoms with Crippen molar-refractivity contribution in [2.75, 3.05) is 0 Å². The van der Waals surface area contributed by atoms with Crippen LogP contribution in [0.2, 0.25) is 0 Å². The van der Waals surface area contributed by atoms with Crippen LogP contribution in [-0.4, -0.2) is 16.1 Å². The molecule has 0 aliphatic heterocycles. The van der Waals surface area contributed by atoms with Gasteiger partial charge in [0.1, 0.15) is 11.6 Å². The molecule has 0 atom stereocenters. The number of hydrogen-bond acceptors (Lipinski definition) is 4. The van der Waals surface area contributed by atoms with E-state index in [0.29, 0.717) is 12.1 Å². The maximum Gasteiger partial charge on any atom is 0.262 e. The molecule has 0 spiro atoms. The minimum Gasteiger partial charge on any atom is -0.504 e. The topological polar surface area (TPSA) is 93.3 Å². The number of nitrogens with one attached hydrogen (secondary N) is 1. The predicted molar refractivity (Wildman–Crippen MR) is 88.4 cm³/mol. The Labute approximate surface area is 135 Å². The fourth-order valence-corrected chi connectivity index (χ4v) is 1.82. The molecular weight excluding hydrogens is 292 g/mol. The summed E-state index contributed by atoms with van der Waals surface area (Å²) in [6.45, 7) is 0.319. The zero-order valence-corrected chi connectivity index (χ0v) is 11.7. The molecule has 3 N–H and O–H groups in total. The van der Waals surface area contributed by atoms with E-state index in [1.54, 1.807) is 0 Å². The van der Waals surface area contributed by atoms with Crippen molar-refractivity contribution in [3.63, 3.8) is 0 Å². The second kappa shape index (κ2) is 8.25. The number of benzene rings is 2. The number of rotatable bonds is 4. The number of phenolic OH excluding ortho intramolecular Hbond substituents is 2. The van der Waals surface area contributed by atoms with Crippen molar-refractivity contribution in [2.24, 2.45) is 0 Å². The summed E-state index contributed by atoms with van der Waals surface area (Å²) in [7, 11) is 0. The summed E-state index contributed by atoms with van der Waals surface area (Å²) in [6.07, 6.45) is 1.35. The Bertz CT molecular complexity index is 747. The summed E-state index contributed by atoms with van der Waals surface area (Å²) in [5.41, 5.74) is 1.29. The highest BCUT2D eigenvalue weighted by Gasteiger charge is 2.09. The van der Waals surface area contributed by atoms with Crippen LogP contribution in [0.1, 0.15) is 18.6 Å². The highest BCUT2D eigenvalue weighted by molar-refractivity contribution is 6.01. The van der Waals surface area contributed by atoms with Crippen molar-refractivity contribution >= 4 is 12.0 Å². The molecule has 0 radical (unpaired) electrons. The normalized spacial score (nSPS) is 10.3. The maximum atomic E-state index is 12.0. The van der Waals surface area contributed by atoms with Gasteiger partial charge in [-0.2, -0.15) is 5.26 Å². The van der Waals surface area contributed by atoms with Crippen LogP contribution in [0.3, 0.4) is 0 Å². The number of hydrogen-bond donors (Lipinski definition) is 3. The van der Waals surface area contributed by atoms with Crippen molar-refractivity contribution < 1.29 is 15.0 Å². The van der Waals surface area contributed by atoms with Gasteiger partial charge in [-0.1, -0.05) is 43.8 Å². The minimum atomic E-state index is -0.501. The fraction of sp³-hybridized carbons (Fsp3) is 0.111. The Kier molecular flexibility index (Phi) is 6.38. The van der Waals surface area contributed by atoms with Crippen molar-refractivity contribution in [1.29, 1.82) is 5.26 Å². The van der Waals surface area contributed by atoms with Gasteiger partial charge in [0, 0.05) is 6.54 Å². The molecule has 2 rings (SSSR count). The number of amides is 1. The Balaban J connectivity index is 0.00000264. The lowest BCUT2D eigenvalue weighted by atomic mass is 10.1. The Morgan fingerprint density at radius 3 is 2.43 bits per heavy atom. The van der Waals surface area contributed by atoms with E-state index in [1.165, 1.54) is 24.3 Å². The molecule has 0 heterocycles. The van der Waals surface area contributed by atoms with Gasteiger partial charge in [-0.15, -0.1) is 0 Å². The van der Waals surface area contributed by atoms with Gasteiger partial charge >= 0.3 is 0 Å². The molecule has 0 bridgehead atoms. The number of aromatic hydroxyl groups is 2. The van der Waals surface area contributed by atoms with Gasteiger partial charge < -0.3 is 15.5 Å². The van der Waals surface area contributed by atoms with Crippen LogP contribution < -0.4 is 5.32 Å². The third-order valence-corrected chi connectivity index (χ3v) is 2.97. The molecule has 0 saturated heterocycles. The molecule has 0 aliphatic rings. The van der Waals surface area contributed by atoms with E-state index in [2.05, 4.69) is 5.32 Å². The first-order valence-corrected chi connectivity index (χ1v) is 6.56. The lowest BCUT2D eigenvalue weighted by Crippen LogP contribution is -2.23. The summed E-state index contributed by atoms with van der Waals surface area (Å²) < 4.78 is 0. The van der Waals surface area contributed by atoms with Gasteiger partial charge in [-0.25, -0.2) is 0 Å². The van der Waals surface area contributed by atoms with Crippen molar-refractivity contribution in [3.8, 4) is 17.6 Å². The molecule has 1 amide bonds. The van der Waals surface area contributed by atoms with Crippen molar-refractivity contribution in [3.05, 3.63) is 65.2 Å². The standard InChI is InChI=1S/C17H14N2O3.CH4/c18-10-14(8-13-6-7-15(20)16(21)9-13)17(22)19-11-12-4-2-1-3-5-12;/h1-9,20-21H,11H2,(H,19,22);1H4/b14-8+;. The molecule has 0 aliphatic carbocycles. The minimum absolute atomic E-state index is 0. The van der Waals surface area contributed by atoms with E-state index < -0.39 is 5.91 Å². The first kappa shape index (κ1) is 17.8. The lowest BCUT2D eigenvalue weighted by Gasteiger charge is -2.05. The zero-order chi connectivity index (χ0) is 15.9. The van der Waals surface area contributed by atoms with E-state index in [4.69, 9.17) is 5.26 Å². The van der Waals surface area contributed by atoms with Crippen LogP contribution >= 0.6 is 0 Å². The van der Waals surface area contributed by atoms with Crippen LogP contribution in [0, 0.1) is 11.3 Å². The first-order chi connectivity index (χ1) is 10.6. The van der Waals surface area contributed by atoms with E-state index in [1.807, 2.05) is 36.4 Å². The third-order valence-electron chi connectivity index (χ3n) is 2.97. The van der Waals surface area contributed by atoms with Crippen LogP contribution in [0.25, 0.3) is 6.08 Å². The number of carbonyl (C=O) groups excluding carboxylic acids is 1. The van der Waals surface area contributed by atoms with Crippen LogP contribution in [0.15, 0.2) is 54.1 Å². The number of carbonyl (C=O) groups is 1. The van der Waals surface area contributed by atoms with Gasteiger partial charge in [-0.05, 0) is 29.3 Å². The summed E-state index contributed by atoms with van der Waals surface area (Å²) in [4.78, 5) is 12.0. The lowest BCUT2D eigenvalue weighted by molar-refractivity contribution is -0.117. The average molecular weight is 310 g/mol. The molecular formula is C18H18N2O3. The largest absolute Gasteiger partial charge is 0.504 e. The molecule has 0 saturated carbocycles. The Morgan fingerprint density at radius 2 is 1.83 bits per heavy atom. The van der Waals surface area contributed by atoms with Gasteiger partial charge in [0.05, 0.1) is 0 Å².